The first-order valence-corrected chi connectivity index (χ1v) is 9.50. The number of rotatable bonds is 5. The Morgan fingerprint density at radius 3 is 2.54 bits per heavy atom. The summed E-state index contributed by atoms with van der Waals surface area (Å²) < 4.78 is 10.3. The summed E-state index contributed by atoms with van der Waals surface area (Å²) in [6.07, 6.45) is 7.67. The second-order valence-electron chi connectivity index (χ2n) is 7.00. The zero-order valence-electron chi connectivity index (χ0n) is 15.3. The molecule has 24 heavy (non-hydrogen) atoms. The lowest BCUT2D eigenvalue weighted by atomic mass is 9.83. The number of hydrogen-bond donors (Lipinski definition) is 1. The van der Waals surface area contributed by atoms with Gasteiger partial charge in [-0.2, -0.15) is 0 Å². The van der Waals surface area contributed by atoms with Gasteiger partial charge in [-0.25, -0.2) is 9.59 Å². The normalized spacial score (nSPS) is 31.5. The zero-order chi connectivity index (χ0) is 17.5. The number of amides is 2. The van der Waals surface area contributed by atoms with Crippen molar-refractivity contribution >= 4 is 12.2 Å². The van der Waals surface area contributed by atoms with E-state index in [0.29, 0.717) is 6.04 Å². The van der Waals surface area contributed by atoms with Crippen LogP contribution in [0.4, 0.5) is 9.59 Å². The Morgan fingerprint density at radius 1 is 1.12 bits per heavy atom. The van der Waals surface area contributed by atoms with Crippen LogP contribution in [0.5, 0.6) is 0 Å². The molecule has 0 radical (unpaired) electrons. The Kier molecular flexibility index (Phi) is 7.18. The average molecular weight is 340 g/mol. The minimum absolute atomic E-state index is 0.129. The molecule has 138 valence electrons. The summed E-state index contributed by atoms with van der Waals surface area (Å²) in [6.45, 7) is 8.01. The van der Waals surface area contributed by atoms with Crippen molar-refractivity contribution in [1.29, 1.82) is 0 Å². The SMILES string of the molecule is CCC1CCC2NC(=O)OC2C1.CCCCN1CC(CC)OC1=O. The topological polar surface area (TPSA) is 67.9 Å². The van der Waals surface area contributed by atoms with E-state index in [1.165, 1.54) is 12.8 Å². The predicted octanol–water partition coefficient (Wildman–Crippen LogP) is 3.69. The van der Waals surface area contributed by atoms with Crippen LogP contribution in [-0.2, 0) is 9.47 Å². The minimum Gasteiger partial charge on any atom is -0.444 e. The molecule has 3 aliphatic rings. The van der Waals surface area contributed by atoms with Crippen LogP contribution in [0.1, 0.15) is 65.7 Å². The summed E-state index contributed by atoms with van der Waals surface area (Å²) in [6, 6.07) is 0.306. The summed E-state index contributed by atoms with van der Waals surface area (Å²) in [5.74, 6) is 0.763. The van der Waals surface area contributed by atoms with E-state index in [4.69, 9.17) is 9.47 Å². The van der Waals surface area contributed by atoms with Gasteiger partial charge in [-0.15, -0.1) is 0 Å². The van der Waals surface area contributed by atoms with Crippen LogP contribution in [0.25, 0.3) is 0 Å². The van der Waals surface area contributed by atoms with Gasteiger partial charge >= 0.3 is 12.2 Å². The first kappa shape index (κ1) is 18.9. The molecule has 1 aliphatic carbocycles. The molecule has 3 rings (SSSR count). The molecule has 2 heterocycles. The van der Waals surface area contributed by atoms with Gasteiger partial charge in [0.25, 0.3) is 0 Å². The first-order valence-electron chi connectivity index (χ1n) is 9.50. The van der Waals surface area contributed by atoms with Gasteiger partial charge in [0, 0.05) is 6.54 Å². The van der Waals surface area contributed by atoms with E-state index in [2.05, 4.69) is 19.2 Å². The monoisotopic (exact) mass is 340 g/mol. The van der Waals surface area contributed by atoms with E-state index in [-0.39, 0.29) is 24.4 Å². The maximum Gasteiger partial charge on any atom is 0.410 e. The highest BCUT2D eigenvalue weighted by molar-refractivity contribution is 5.70. The van der Waals surface area contributed by atoms with E-state index in [1.54, 1.807) is 4.90 Å². The molecular weight excluding hydrogens is 308 g/mol. The molecule has 2 amide bonds. The van der Waals surface area contributed by atoms with Crippen LogP contribution in [-0.4, -0.2) is 48.4 Å². The number of carbonyl (C=O) groups is 2. The molecule has 1 N–H and O–H groups in total. The molecule has 3 fully saturated rings. The summed E-state index contributed by atoms with van der Waals surface area (Å²) in [4.78, 5) is 23.8. The van der Waals surface area contributed by atoms with Crippen LogP contribution < -0.4 is 5.32 Å². The number of unbranched alkanes of at least 4 members (excludes halogenated alkanes) is 1. The maximum absolute atomic E-state index is 11.2. The number of cyclic esters (lactones) is 1. The van der Waals surface area contributed by atoms with Crippen molar-refractivity contribution in [1.82, 2.24) is 10.2 Å². The van der Waals surface area contributed by atoms with E-state index in [1.807, 2.05) is 6.92 Å². The maximum atomic E-state index is 11.2. The van der Waals surface area contributed by atoms with Crippen LogP contribution in [0.2, 0.25) is 0 Å². The fraction of sp³-hybridized carbons (Fsp3) is 0.889. The number of nitrogens with one attached hydrogen (secondary N) is 1. The molecular formula is C18H32N2O4. The molecule has 6 nitrogen and oxygen atoms in total. The van der Waals surface area contributed by atoms with Gasteiger partial charge < -0.3 is 19.7 Å². The van der Waals surface area contributed by atoms with Gasteiger partial charge in [0.15, 0.2) is 0 Å². The van der Waals surface area contributed by atoms with Crippen LogP contribution in [0, 0.1) is 5.92 Å². The number of carbonyl (C=O) groups excluding carboxylic acids is 2. The molecule has 2 aliphatic heterocycles. The van der Waals surface area contributed by atoms with E-state index >= 15 is 0 Å². The minimum atomic E-state index is -0.221. The van der Waals surface area contributed by atoms with E-state index < -0.39 is 0 Å². The van der Waals surface area contributed by atoms with E-state index in [9.17, 15) is 9.59 Å². The highest BCUT2D eigenvalue weighted by atomic mass is 16.6. The molecule has 0 aromatic heterocycles. The first-order chi connectivity index (χ1) is 11.6. The van der Waals surface area contributed by atoms with Gasteiger partial charge in [-0.05, 0) is 38.0 Å². The van der Waals surface area contributed by atoms with Crippen molar-refractivity contribution < 1.29 is 19.1 Å². The smallest absolute Gasteiger partial charge is 0.410 e. The number of alkyl carbamates (subject to hydrolysis) is 1. The highest BCUT2D eigenvalue weighted by Gasteiger charge is 2.38. The van der Waals surface area contributed by atoms with Gasteiger partial charge in [-0.1, -0.05) is 33.6 Å². The lowest BCUT2D eigenvalue weighted by Gasteiger charge is -2.28. The van der Waals surface area contributed by atoms with Crippen molar-refractivity contribution in [3.63, 3.8) is 0 Å². The van der Waals surface area contributed by atoms with Crippen molar-refractivity contribution in [2.45, 2.75) is 84.0 Å². The molecule has 0 aromatic carbocycles. The fourth-order valence-corrected chi connectivity index (χ4v) is 3.52. The molecule has 4 unspecified atom stereocenters. The highest BCUT2D eigenvalue weighted by Crippen LogP contribution is 2.31. The van der Waals surface area contributed by atoms with Gasteiger partial charge in [0.2, 0.25) is 0 Å². The second-order valence-corrected chi connectivity index (χ2v) is 7.00. The zero-order valence-corrected chi connectivity index (χ0v) is 15.3. The summed E-state index contributed by atoms with van der Waals surface area (Å²) >= 11 is 0. The van der Waals surface area contributed by atoms with Crippen molar-refractivity contribution in [3.05, 3.63) is 0 Å². The van der Waals surface area contributed by atoms with Gasteiger partial charge in [-0.3, -0.25) is 0 Å². The molecule has 0 spiro atoms. The molecule has 6 heteroatoms. The number of nitrogens with zero attached hydrogens (tertiary/aromatic N) is 1. The average Bonchev–Trinajstić information content (AvgIpc) is 3.13. The molecule has 0 bridgehead atoms. The second kappa shape index (κ2) is 9.14. The van der Waals surface area contributed by atoms with Crippen molar-refractivity contribution in [3.8, 4) is 0 Å². The Morgan fingerprint density at radius 2 is 1.92 bits per heavy atom. The largest absolute Gasteiger partial charge is 0.444 e. The third-order valence-corrected chi connectivity index (χ3v) is 5.23. The van der Waals surface area contributed by atoms with Crippen molar-refractivity contribution in [2.75, 3.05) is 13.1 Å². The Labute approximate surface area is 145 Å². The number of fused-ring (bicyclic) bond motifs is 1. The van der Waals surface area contributed by atoms with Gasteiger partial charge in [0.1, 0.15) is 12.2 Å². The van der Waals surface area contributed by atoms with Crippen LogP contribution in [0.3, 0.4) is 0 Å². The Balaban J connectivity index is 0.000000174. The molecule has 1 saturated carbocycles. The third-order valence-electron chi connectivity index (χ3n) is 5.23. The lowest BCUT2D eigenvalue weighted by molar-refractivity contribution is 0.0931. The van der Waals surface area contributed by atoms with Crippen LogP contribution in [0.15, 0.2) is 0 Å². The van der Waals surface area contributed by atoms with E-state index in [0.717, 1.165) is 51.1 Å². The molecule has 2 saturated heterocycles. The standard InChI is InChI=1S/C9H15NO2.C9H17NO2/c1-2-6-3-4-7-8(5-6)12-9(11)10-7;1-3-5-6-10-7-8(4-2)12-9(10)11/h6-8H,2-5H2,1H3,(H,10,11);8H,3-7H2,1-2H3. The summed E-state index contributed by atoms with van der Waals surface area (Å²) in [5, 5.41) is 2.84. The Hall–Kier alpha value is -1.46. The fourth-order valence-electron chi connectivity index (χ4n) is 3.52. The third kappa shape index (κ3) is 5.02. The summed E-state index contributed by atoms with van der Waals surface area (Å²) in [5.41, 5.74) is 0. The number of hydrogen-bond acceptors (Lipinski definition) is 4. The molecule has 4 atom stereocenters. The van der Waals surface area contributed by atoms with Crippen molar-refractivity contribution in [2.24, 2.45) is 5.92 Å². The molecule has 0 aromatic rings. The van der Waals surface area contributed by atoms with Gasteiger partial charge in [0.05, 0.1) is 12.6 Å². The quantitative estimate of drug-likeness (QED) is 0.829. The Bertz CT molecular complexity index is 429. The summed E-state index contributed by atoms with van der Waals surface area (Å²) in [7, 11) is 0. The lowest BCUT2D eigenvalue weighted by Crippen LogP contribution is -2.36. The van der Waals surface area contributed by atoms with Crippen LogP contribution >= 0.6 is 0 Å². The number of ether oxygens (including phenoxy) is 2. The predicted molar refractivity (Wildman–Crippen MR) is 91.9 cm³/mol.